The van der Waals surface area contributed by atoms with Gasteiger partial charge < -0.3 is 5.32 Å². The Morgan fingerprint density at radius 2 is 2.50 bits per heavy atom. The summed E-state index contributed by atoms with van der Waals surface area (Å²) >= 11 is 0. The van der Waals surface area contributed by atoms with Crippen LogP contribution in [0.15, 0.2) is 4.99 Å². The third kappa shape index (κ3) is 2.40. The van der Waals surface area contributed by atoms with E-state index in [1.165, 1.54) is 5.71 Å². The maximum absolute atomic E-state index is 4.36. The summed E-state index contributed by atoms with van der Waals surface area (Å²) in [5.74, 6) is 0. The highest BCUT2D eigenvalue weighted by Gasteiger charge is 1.96. The molecule has 0 radical (unpaired) electrons. The molecule has 1 aliphatic rings. The Hall–Kier alpha value is -0.500. The fourth-order valence-corrected chi connectivity index (χ4v) is 1.02. The molecule has 0 N–H and O–H groups in total. The van der Waals surface area contributed by atoms with Crippen molar-refractivity contribution >= 4 is 5.71 Å². The summed E-state index contributed by atoms with van der Waals surface area (Å²) in [6.45, 7) is 6.49. The van der Waals surface area contributed by atoms with Crippen molar-refractivity contribution in [2.75, 3.05) is 19.6 Å². The number of aliphatic imine (C=N–C) groups is 1. The van der Waals surface area contributed by atoms with Crippen LogP contribution < -0.4 is 0 Å². The molecule has 0 unspecified atom stereocenters. The maximum atomic E-state index is 4.36. The molecule has 1 rings (SSSR count). The predicted molar refractivity (Wildman–Crippen MR) is 44.6 cm³/mol. The zero-order valence-electron chi connectivity index (χ0n) is 6.34. The second-order valence-corrected chi connectivity index (χ2v) is 2.51. The smallest absolute Gasteiger partial charge is 0.0854 e. The lowest BCUT2D eigenvalue weighted by Crippen LogP contribution is -2.13. The Kier molecular flexibility index (Phi) is 3.30. The van der Waals surface area contributed by atoms with Gasteiger partial charge in [0, 0.05) is 6.54 Å². The largest absolute Gasteiger partial charge is 0.656 e. The molecule has 0 aromatic rings. The number of rotatable bonds is 3. The SMILES string of the molecule is [CH2+]CCCC1=NCC[N-]C1. The molecule has 2 heteroatoms. The molecule has 10 heavy (non-hydrogen) atoms. The van der Waals surface area contributed by atoms with E-state index < -0.39 is 0 Å². The Balaban J connectivity index is 2.18. The van der Waals surface area contributed by atoms with Gasteiger partial charge in [-0.3, -0.25) is 4.99 Å². The lowest BCUT2D eigenvalue weighted by Gasteiger charge is -2.24. The van der Waals surface area contributed by atoms with Gasteiger partial charge in [0.25, 0.3) is 0 Å². The summed E-state index contributed by atoms with van der Waals surface area (Å²) in [7, 11) is 0. The van der Waals surface area contributed by atoms with Crippen LogP contribution in [0, 0.1) is 6.92 Å². The molecule has 0 fully saturated rings. The maximum Gasteiger partial charge on any atom is 0.0854 e. The Morgan fingerprint density at radius 3 is 3.10 bits per heavy atom. The van der Waals surface area contributed by atoms with Gasteiger partial charge in [-0.1, -0.05) is 0 Å². The highest BCUT2D eigenvalue weighted by molar-refractivity contribution is 5.88. The van der Waals surface area contributed by atoms with Crippen molar-refractivity contribution in [3.8, 4) is 0 Å². The molecule has 0 bridgehead atoms. The van der Waals surface area contributed by atoms with Crippen LogP contribution in [-0.2, 0) is 0 Å². The predicted octanol–water partition coefficient (Wildman–Crippen LogP) is 1.82. The highest BCUT2D eigenvalue weighted by atomic mass is 15.0. The fraction of sp³-hybridized carbons (Fsp3) is 0.750. The van der Waals surface area contributed by atoms with Crippen molar-refractivity contribution in [1.29, 1.82) is 0 Å². The number of hydrogen-bond donors (Lipinski definition) is 0. The first-order chi connectivity index (χ1) is 4.93. The summed E-state index contributed by atoms with van der Waals surface area (Å²) in [4.78, 5) is 4.36. The monoisotopic (exact) mass is 138 g/mol. The molecule has 0 amide bonds. The van der Waals surface area contributed by atoms with Gasteiger partial charge in [0.1, 0.15) is 0 Å². The van der Waals surface area contributed by atoms with E-state index in [1.54, 1.807) is 0 Å². The van der Waals surface area contributed by atoms with Crippen LogP contribution in [0.3, 0.4) is 0 Å². The average molecular weight is 138 g/mol. The normalized spacial score (nSPS) is 18.6. The van der Waals surface area contributed by atoms with E-state index >= 15 is 0 Å². The lowest BCUT2D eigenvalue weighted by atomic mass is 10.1. The van der Waals surface area contributed by atoms with Gasteiger partial charge in [-0.2, -0.15) is 0 Å². The number of nitrogens with zero attached hydrogens (tertiary/aromatic N) is 2. The van der Waals surface area contributed by atoms with Crippen molar-refractivity contribution in [2.45, 2.75) is 19.3 Å². The van der Waals surface area contributed by atoms with Crippen molar-refractivity contribution < 1.29 is 0 Å². The van der Waals surface area contributed by atoms with E-state index in [0.717, 1.165) is 38.9 Å². The molecule has 2 nitrogen and oxygen atoms in total. The first-order valence-corrected chi connectivity index (χ1v) is 3.88. The zero-order chi connectivity index (χ0) is 7.23. The molecular formula is C8H14N2. The van der Waals surface area contributed by atoms with Crippen LogP contribution in [0.5, 0.6) is 0 Å². The van der Waals surface area contributed by atoms with Crippen LogP contribution in [0.25, 0.3) is 5.32 Å². The Bertz CT molecular complexity index is 118. The molecule has 0 saturated carbocycles. The summed E-state index contributed by atoms with van der Waals surface area (Å²) < 4.78 is 0. The minimum absolute atomic E-state index is 0.875. The standard InChI is InChI=1S/C8H14N2/c1-2-3-4-8-7-9-5-6-10-8/h1-7H2. The topological polar surface area (TPSA) is 26.5 Å². The second-order valence-electron chi connectivity index (χ2n) is 2.51. The minimum atomic E-state index is 0.875. The molecule has 0 atom stereocenters. The van der Waals surface area contributed by atoms with Gasteiger partial charge >= 0.3 is 0 Å². The third-order valence-electron chi connectivity index (χ3n) is 1.60. The van der Waals surface area contributed by atoms with Crippen LogP contribution in [0.1, 0.15) is 19.3 Å². The first-order valence-electron chi connectivity index (χ1n) is 3.88. The molecule has 1 heterocycles. The van der Waals surface area contributed by atoms with Gasteiger partial charge in [-0.05, 0) is 18.6 Å². The molecule has 0 spiro atoms. The second kappa shape index (κ2) is 4.34. The minimum Gasteiger partial charge on any atom is -0.656 e. The molecular weight excluding hydrogens is 124 g/mol. The molecule has 0 aromatic heterocycles. The van der Waals surface area contributed by atoms with Gasteiger partial charge in [0.2, 0.25) is 0 Å². The number of hydrogen-bond acceptors (Lipinski definition) is 1. The van der Waals surface area contributed by atoms with E-state index in [9.17, 15) is 0 Å². The van der Waals surface area contributed by atoms with Crippen molar-refractivity contribution in [2.24, 2.45) is 4.99 Å². The van der Waals surface area contributed by atoms with Crippen molar-refractivity contribution in [3.63, 3.8) is 0 Å². The van der Waals surface area contributed by atoms with E-state index in [2.05, 4.69) is 17.2 Å². The molecule has 0 saturated heterocycles. The van der Waals surface area contributed by atoms with E-state index in [0.29, 0.717) is 0 Å². The molecule has 1 aliphatic heterocycles. The fourth-order valence-electron chi connectivity index (χ4n) is 1.02. The zero-order valence-corrected chi connectivity index (χ0v) is 6.34. The Morgan fingerprint density at radius 1 is 1.60 bits per heavy atom. The Labute approximate surface area is 62.7 Å². The quantitative estimate of drug-likeness (QED) is 0.532. The first kappa shape index (κ1) is 7.61. The van der Waals surface area contributed by atoms with E-state index in [1.807, 2.05) is 0 Å². The third-order valence-corrected chi connectivity index (χ3v) is 1.60. The molecule has 0 aromatic carbocycles. The average Bonchev–Trinajstić information content (AvgIpc) is 2.03. The van der Waals surface area contributed by atoms with Gasteiger partial charge in [0.15, 0.2) is 0 Å². The van der Waals surface area contributed by atoms with E-state index in [-0.39, 0.29) is 0 Å². The van der Waals surface area contributed by atoms with Crippen molar-refractivity contribution in [1.82, 2.24) is 0 Å². The van der Waals surface area contributed by atoms with Crippen LogP contribution in [-0.4, -0.2) is 25.3 Å². The highest BCUT2D eigenvalue weighted by Crippen LogP contribution is 2.04. The van der Waals surface area contributed by atoms with Gasteiger partial charge in [0.05, 0.1) is 13.3 Å². The summed E-state index contributed by atoms with van der Waals surface area (Å²) in [5, 5.41) is 4.26. The van der Waals surface area contributed by atoms with Gasteiger partial charge in [-0.25, -0.2) is 0 Å². The van der Waals surface area contributed by atoms with Gasteiger partial charge in [-0.15, -0.1) is 13.1 Å². The summed E-state index contributed by atoms with van der Waals surface area (Å²) in [5.41, 5.74) is 1.27. The van der Waals surface area contributed by atoms with Crippen LogP contribution in [0.4, 0.5) is 0 Å². The molecule has 56 valence electrons. The lowest BCUT2D eigenvalue weighted by molar-refractivity contribution is 0.861. The van der Waals surface area contributed by atoms with E-state index in [4.69, 9.17) is 0 Å². The summed E-state index contributed by atoms with van der Waals surface area (Å²) in [6.07, 6.45) is 3.28. The van der Waals surface area contributed by atoms with Crippen LogP contribution >= 0.6 is 0 Å². The van der Waals surface area contributed by atoms with Crippen LogP contribution in [0.2, 0.25) is 0 Å². The molecule has 0 aliphatic carbocycles. The summed E-state index contributed by atoms with van der Waals surface area (Å²) in [6, 6.07) is 0. The number of unbranched alkanes of at least 4 members (excludes halogenated alkanes) is 1. The van der Waals surface area contributed by atoms with Crippen molar-refractivity contribution in [3.05, 3.63) is 12.2 Å².